The molecule has 1 heterocycles. The topological polar surface area (TPSA) is 99.1 Å². The van der Waals surface area contributed by atoms with E-state index >= 15 is 0 Å². The zero-order chi connectivity index (χ0) is 12.1. The Kier molecular flexibility index (Phi) is 4.51. The number of aliphatic carboxylic acids is 1. The highest BCUT2D eigenvalue weighted by Gasteiger charge is 2.26. The first-order valence-electron chi connectivity index (χ1n) is 5.01. The molecule has 1 rings (SSSR count). The number of aliphatic hydroxyl groups excluding tert-OH is 1. The Morgan fingerprint density at radius 2 is 2.31 bits per heavy atom. The Labute approximate surface area is 93.0 Å². The van der Waals surface area contributed by atoms with Crippen LogP contribution in [0.2, 0.25) is 0 Å². The average molecular weight is 232 g/mol. The van der Waals surface area contributed by atoms with E-state index in [-0.39, 0.29) is 18.7 Å². The van der Waals surface area contributed by atoms with Crippen LogP contribution >= 0.6 is 0 Å². The number of ether oxygens (including phenoxy) is 1. The van der Waals surface area contributed by atoms with Gasteiger partial charge in [-0.25, -0.2) is 9.59 Å². The van der Waals surface area contributed by atoms with Crippen LogP contribution in [-0.2, 0) is 9.53 Å². The number of hydrogen-bond donors (Lipinski definition) is 3. The number of methoxy groups -OCH3 is 1. The Bertz CT molecular complexity index is 271. The van der Waals surface area contributed by atoms with Crippen molar-refractivity contribution in [1.29, 1.82) is 0 Å². The second kappa shape index (κ2) is 5.66. The Morgan fingerprint density at radius 3 is 2.81 bits per heavy atom. The summed E-state index contributed by atoms with van der Waals surface area (Å²) >= 11 is 0. The highest BCUT2D eigenvalue weighted by Crippen LogP contribution is 2.11. The van der Waals surface area contributed by atoms with Crippen molar-refractivity contribution >= 4 is 12.0 Å². The standard InChI is InChI=1S/C9H16N2O5/c1-16-6-2-3-11(5-6)9(15)10-4-7(12)8(13)14/h6-7,12H,2-5H2,1H3,(H,10,15)(H,13,14). The van der Waals surface area contributed by atoms with Crippen LogP contribution in [0, 0.1) is 0 Å². The molecule has 16 heavy (non-hydrogen) atoms. The number of urea groups is 1. The van der Waals surface area contributed by atoms with Gasteiger partial charge in [0.05, 0.1) is 12.6 Å². The number of likely N-dealkylation sites (tertiary alicyclic amines) is 1. The number of carbonyl (C=O) groups excluding carboxylic acids is 1. The fraction of sp³-hybridized carbons (Fsp3) is 0.778. The van der Waals surface area contributed by atoms with Gasteiger partial charge in [0, 0.05) is 20.2 Å². The van der Waals surface area contributed by atoms with Gasteiger partial charge in [0.1, 0.15) is 0 Å². The SMILES string of the molecule is COC1CCN(C(=O)NCC(O)C(=O)O)C1. The normalized spacial score (nSPS) is 21.9. The summed E-state index contributed by atoms with van der Waals surface area (Å²) in [5.41, 5.74) is 0. The number of hydrogen-bond acceptors (Lipinski definition) is 4. The zero-order valence-electron chi connectivity index (χ0n) is 9.05. The number of nitrogens with one attached hydrogen (secondary N) is 1. The quantitative estimate of drug-likeness (QED) is 0.569. The van der Waals surface area contributed by atoms with E-state index in [4.69, 9.17) is 14.9 Å². The van der Waals surface area contributed by atoms with E-state index in [9.17, 15) is 9.59 Å². The van der Waals surface area contributed by atoms with Gasteiger partial charge in [-0.15, -0.1) is 0 Å². The molecule has 0 bridgehead atoms. The van der Waals surface area contributed by atoms with Gasteiger partial charge in [-0.1, -0.05) is 0 Å². The molecule has 3 N–H and O–H groups in total. The number of amides is 2. The Hall–Kier alpha value is -1.34. The van der Waals surface area contributed by atoms with E-state index in [2.05, 4.69) is 5.32 Å². The van der Waals surface area contributed by atoms with Crippen molar-refractivity contribution in [2.45, 2.75) is 18.6 Å². The molecule has 2 unspecified atom stereocenters. The summed E-state index contributed by atoms with van der Waals surface area (Å²) in [5, 5.41) is 19.7. The summed E-state index contributed by atoms with van der Waals surface area (Å²) < 4.78 is 5.09. The van der Waals surface area contributed by atoms with E-state index in [1.54, 1.807) is 7.11 Å². The summed E-state index contributed by atoms with van der Waals surface area (Å²) in [6, 6.07) is -0.375. The number of carbonyl (C=O) groups is 2. The molecule has 0 radical (unpaired) electrons. The highest BCUT2D eigenvalue weighted by molar-refractivity contribution is 5.77. The van der Waals surface area contributed by atoms with Gasteiger partial charge in [-0.05, 0) is 6.42 Å². The van der Waals surface area contributed by atoms with Gasteiger partial charge >= 0.3 is 12.0 Å². The van der Waals surface area contributed by atoms with Gasteiger partial charge < -0.3 is 25.2 Å². The zero-order valence-corrected chi connectivity index (χ0v) is 9.05. The summed E-state index contributed by atoms with van der Waals surface area (Å²) in [5.74, 6) is -1.35. The molecule has 1 aliphatic heterocycles. The van der Waals surface area contributed by atoms with Crippen molar-refractivity contribution in [2.24, 2.45) is 0 Å². The fourth-order valence-electron chi connectivity index (χ4n) is 1.49. The number of nitrogens with zero attached hydrogens (tertiary/aromatic N) is 1. The lowest BCUT2D eigenvalue weighted by atomic mass is 10.3. The van der Waals surface area contributed by atoms with Crippen LogP contribution in [0.4, 0.5) is 4.79 Å². The largest absolute Gasteiger partial charge is 0.479 e. The van der Waals surface area contributed by atoms with Crippen molar-refractivity contribution < 1.29 is 24.5 Å². The molecule has 0 aromatic rings. The minimum absolute atomic E-state index is 0.0372. The summed E-state index contributed by atoms with van der Waals surface area (Å²) in [4.78, 5) is 23.3. The molecular weight excluding hydrogens is 216 g/mol. The van der Waals surface area contributed by atoms with Crippen LogP contribution in [-0.4, -0.2) is 66.1 Å². The number of rotatable bonds is 4. The van der Waals surface area contributed by atoms with Crippen molar-refractivity contribution in [3.8, 4) is 0 Å². The number of carboxylic acid groups (broad SMARTS) is 1. The lowest BCUT2D eigenvalue weighted by Gasteiger charge is -2.17. The molecule has 1 aliphatic rings. The molecule has 0 spiro atoms. The molecule has 0 saturated carbocycles. The molecule has 1 fully saturated rings. The third-order valence-corrected chi connectivity index (χ3v) is 2.50. The molecule has 1 saturated heterocycles. The predicted octanol–water partition coefficient (Wildman–Crippen LogP) is -1.14. The molecule has 2 amide bonds. The third kappa shape index (κ3) is 3.35. The number of carboxylic acids is 1. The van der Waals surface area contributed by atoms with Gasteiger partial charge in [0.2, 0.25) is 0 Å². The molecule has 0 aromatic heterocycles. The van der Waals surface area contributed by atoms with Gasteiger partial charge in [0.15, 0.2) is 6.10 Å². The molecule has 2 atom stereocenters. The van der Waals surface area contributed by atoms with Crippen LogP contribution in [0.3, 0.4) is 0 Å². The maximum atomic E-state index is 11.5. The minimum atomic E-state index is -1.57. The summed E-state index contributed by atoms with van der Waals surface area (Å²) in [7, 11) is 1.58. The van der Waals surface area contributed by atoms with E-state index in [1.165, 1.54) is 4.90 Å². The smallest absolute Gasteiger partial charge is 0.334 e. The first-order valence-corrected chi connectivity index (χ1v) is 5.01. The third-order valence-electron chi connectivity index (χ3n) is 2.50. The second-order valence-electron chi connectivity index (χ2n) is 3.63. The molecular formula is C9H16N2O5. The number of aliphatic hydroxyl groups is 1. The van der Waals surface area contributed by atoms with Crippen molar-refractivity contribution in [3.05, 3.63) is 0 Å². The van der Waals surface area contributed by atoms with E-state index in [1.807, 2.05) is 0 Å². The Morgan fingerprint density at radius 1 is 1.62 bits per heavy atom. The predicted molar refractivity (Wildman–Crippen MR) is 54.0 cm³/mol. The van der Waals surface area contributed by atoms with Gasteiger partial charge in [-0.3, -0.25) is 0 Å². The summed E-state index contributed by atoms with van der Waals surface area (Å²) in [6.07, 6.45) is -0.759. The van der Waals surface area contributed by atoms with E-state index in [0.717, 1.165) is 6.42 Å². The first-order chi connectivity index (χ1) is 7.54. The van der Waals surface area contributed by atoms with Crippen LogP contribution < -0.4 is 5.32 Å². The van der Waals surface area contributed by atoms with Crippen molar-refractivity contribution in [1.82, 2.24) is 10.2 Å². The second-order valence-corrected chi connectivity index (χ2v) is 3.63. The first kappa shape index (κ1) is 12.7. The van der Waals surface area contributed by atoms with E-state index in [0.29, 0.717) is 13.1 Å². The highest BCUT2D eigenvalue weighted by atomic mass is 16.5. The molecule has 92 valence electrons. The average Bonchev–Trinajstić information content (AvgIpc) is 2.73. The van der Waals surface area contributed by atoms with Crippen LogP contribution in [0.1, 0.15) is 6.42 Å². The minimum Gasteiger partial charge on any atom is -0.479 e. The van der Waals surface area contributed by atoms with Crippen molar-refractivity contribution in [2.75, 3.05) is 26.7 Å². The van der Waals surface area contributed by atoms with E-state index < -0.39 is 12.1 Å². The molecule has 0 aliphatic carbocycles. The lowest BCUT2D eigenvalue weighted by molar-refractivity contribution is -0.146. The molecule has 7 heteroatoms. The van der Waals surface area contributed by atoms with Gasteiger partial charge in [-0.2, -0.15) is 0 Å². The maximum absolute atomic E-state index is 11.5. The van der Waals surface area contributed by atoms with Gasteiger partial charge in [0.25, 0.3) is 0 Å². The van der Waals surface area contributed by atoms with Crippen LogP contribution in [0.15, 0.2) is 0 Å². The Balaban J connectivity index is 2.28. The van der Waals surface area contributed by atoms with Crippen LogP contribution in [0.25, 0.3) is 0 Å². The van der Waals surface area contributed by atoms with Crippen molar-refractivity contribution in [3.63, 3.8) is 0 Å². The molecule has 0 aromatic carbocycles. The molecule has 7 nitrogen and oxygen atoms in total. The maximum Gasteiger partial charge on any atom is 0.334 e. The monoisotopic (exact) mass is 232 g/mol. The lowest BCUT2D eigenvalue weighted by Crippen LogP contribution is -2.43. The van der Waals surface area contributed by atoms with Crippen LogP contribution in [0.5, 0.6) is 0 Å². The summed E-state index contributed by atoms with van der Waals surface area (Å²) in [6.45, 7) is 0.779. The fourth-order valence-corrected chi connectivity index (χ4v) is 1.49.